The molecular formula is C34H32F2N6O4S. The summed E-state index contributed by atoms with van der Waals surface area (Å²) in [5.41, 5.74) is 4.19. The molecule has 1 N–H and O–H groups in total. The molecule has 242 valence electrons. The van der Waals surface area contributed by atoms with Gasteiger partial charge in [-0.25, -0.2) is 31.8 Å². The van der Waals surface area contributed by atoms with Gasteiger partial charge in [-0.2, -0.15) is 0 Å². The minimum atomic E-state index is -4.04. The van der Waals surface area contributed by atoms with Crippen LogP contribution < -0.4 is 0 Å². The number of hydrogen-bond donors (Lipinski definition) is 1. The number of halogens is 2. The summed E-state index contributed by atoms with van der Waals surface area (Å²) in [5, 5.41) is 18.3. The molecule has 0 saturated carbocycles. The van der Waals surface area contributed by atoms with Crippen molar-refractivity contribution >= 4 is 26.4 Å². The predicted octanol–water partition coefficient (Wildman–Crippen LogP) is 5.36. The largest absolute Gasteiger partial charge is 0.369 e. The molecule has 10 nitrogen and oxygen atoms in total. The lowest BCUT2D eigenvalue weighted by atomic mass is 10.1. The molecule has 1 aliphatic rings. The maximum Gasteiger partial charge on any atom is 0.247 e. The minimum Gasteiger partial charge on any atom is -0.369 e. The average Bonchev–Trinajstić information content (AvgIpc) is 3.43. The van der Waals surface area contributed by atoms with Crippen LogP contribution in [0.2, 0.25) is 0 Å². The van der Waals surface area contributed by atoms with E-state index in [0.29, 0.717) is 16.8 Å². The zero-order valence-corrected chi connectivity index (χ0v) is 26.5. The molecule has 0 aliphatic carbocycles. The van der Waals surface area contributed by atoms with Crippen LogP contribution in [0.3, 0.4) is 0 Å². The summed E-state index contributed by atoms with van der Waals surface area (Å²) in [5.74, 6) is -1.58. The fourth-order valence-corrected chi connectivity index (χ4v) is 6.55. The Morgan fingerprint density at radius 1 is 1.00 bits per heavy atom. The molecule has 6 rings (SSSR count). The summed E-state index contributed by atoms with van der Waals surface area (Å²) >= 11 is 0. The molecule has 5 aromatic rings. The highest BCUT2D eigenvalue weighted by atomic mass is 32.2. The maximum absolute atomic E-state index is 15.1. The van der Waals surface area contributed by atoms with Crippen molar-refractivity contribution in [1.29, 1.82) is 0 Å². The van der Waals surface area contributed by atoms with Gasteiger partial charge in [0, 0.05) is 36.6 Å². The van der Waals surface area contributed by atoms with Crippen LogP contribution in [0.25, 0.3) is 16.6 Å². The van der Waals surface area contributed by atoms with Crippen molar-refractivity contribution in [3.8, 4) is 0 Å². The summed E-state index contributed by atoms with van der Waals surface area (Å²) in [4.78, 5) is 9.94. The third kappa shape index (κ3) is 7.27. The molecule has 47 heavy (non-hydrogen) atoms. The van der Waals surface area contributed by atoms with E-state index in [1.54, 1.807) is 55.2 Å². The smallest absolute Gasteiger partial charge is 0.247 e. The van der Waals surface area contributed by atoms with E-state index in [4.69, 9.17) is 4.74 Å². The van der Waals surface area contributed by atoms with Gasteiger partial charge in [-0.05, 0) is 54.8 Å². The van der Waals surface area contributed by atoms with Gasteiger partial charge in [0.05, 0.1) is 29.7 Å². The van der Waals surface area contributed by atoms with E-state index >= 15 is 4.39 Å². The first-order chi connectivity index (χ1) is 22.6. The lowest BCUT2D eigenvalue weighted by molar-refractivity contribution is 0.0361. The zero-order chi connectivity index (χ0) is 33.1. The van der Waals surface area contributed by atoms with Crippen LogP contribution in [-0.4, -0.2) is 55.4 Å². The number of aliphatic hydroxyl groups excluding tert-OH is 1. The van der Waals surface area contributed by atoms with Crippen LogP contribution in [0.15, 0.2) is 102 Å². The van der Waals surface area contributed by atoms with Crippen LogP contribution >= 0.6 is 0 Å². The van der Waals surface area contributed by atoms with E-state index in [1.165, 1.54) is 11.0 Å². The summed E-state index contributed by atoms with van der Waals surface area (Å²) in [6.45, 7) is 1.73. The SMILES string of the molecule is Cc1cc(C2=CN(Cc3ccc4nnn(C)c4c3)C(O)C(F)=C2)nc(S(=O)(=O)CCC(OCc2ccccc2F)c2ccccc2)n1. The van der Waals surface area contributed by atoms with E-state index in [9.17, 15) is 17.9 Å². The van der Waals surface area contributed by atoms with Crippen LogP contribution in [0.4, 0.5) is 8.78 Å². The highest BCUT2D eigenvalue weighted by molar-refractivity contribution is 7.91. The fraction of sp³-hybridized carbons (Fsp3) is 0.235. The first kappa shape index (κ1) is 32.1. The van der Waals surface area contributed by atoms with Gasteiger partial charge < -0.3 is 14.7 Å². The van der Waals surface area contributed by atoms with Gasteiger partial charge >= 0.3 is 0 Å². The number of hydrogen-bond acceptors (Lipinski definition) is 9. The number of ether oxygens (including phenoxy) is 1. The second kappa shape index (κ2) is 13.5. The summed E-state index contributed by atoms with van der Waals surface area (Å²) in [7, 11) is -2.28. The number of allylic oxidation sites excluding steroid dienone is 2. The minimum absolute atomic E-state index is 0.0431. The first-order valence-corrected chi connectivity index (χ1v) is 16.5. The number of fused-ring (bicyclic) bond motifs is 1. The van der Waals surface area contributed by atoms with Gasteiger partial charge in [0.1, 0.15) is 17.2 Å². The van der Waals surface area contributed by atoms with Gasteiger partial charge in [-0.15, -0.1) is 5.10 Å². The van der Waals surface area contributed by atoms with Crippen molar-refractivity contribution < 1.29 is 27.0 Å². The molecule has 3 aromatic carbocycles. The number of aryl methyl sites for hydroxylation is 2. The van der Waals surface area contributed by atoms with Gasteiger partial charge in [-0.3, -0.25) is 0 Å². The molecule has 3 heterocycles. The van der Waals surface area contributed by atoms with Crippen molar-refractivity contribution in [2.75, 3.05) is 5.75 Å². The number of benzene rings is 3. The highest BCUT2D eigenvalue weighted by Crippen LogP contribution is 2.30. The van der Waals surface area contributed by atoms with Gasteiger partial charge in [0.2, 0.25) is 15.0 Å². The Hall–Kier alpha value is -4.85. The number of aliphatic hydroxyl groups is 1. The first-order valence-electron chi connectivity index (χ1n) is 14.9. The summed E-state index contributed by atoms with van der Waals surface area (Å²) < 4.78 is 64.2. The number of sulfone groups is 1. The number of nitrogens with zero attached hydrogens (tertiary/aromatic N) is 6. The van der Waals surface area contributed by atoms with E-state index in [-0.39, 0.29) is 36.6 Å². The van der Waals surface area contributed by atoms with Gasteiger partial charge in [-0.1, -0.05) is 59.8 Å². The Kier molecular flexibility index (Phi) is 9.21. The number of rotatable bonds is 11. The van der Waals surface area contributed by atoms with Crippen molar-refractivity contribution in [3.63, 3.8) is 0 Å². The second-order valence-electron chi connectivity index (χ2n) is 11.3. The van der Waals surface area contributed by atoms with E-state index in [2.05, 4.69) is 20.3 Å². The molecule has 2 aromatic heterocycles. The summed E-state index contributed by atoms with van der Waals surface area (Å²) in [6.07, 6.45) is 0.546. The molecule has 0 amide bonds. The van der Waals surface area contributed by atoms with E-state index in [0.717, 1.165) is 22.7 Å². The lowest BCUT2D eigenvalue weighted by Crippen LogP contribution is -2.33. The van der Waals surface area contributed by atoms with Crippen LogP contribution in [0.1, 0.15) is 40.6 Å². The van der Waals surface area contributed by atoms with Gasteiger partial charge in [0.15, 0.2) is 6.23 Å². The molecule has 2 atom stereocenters. The average molecular weight is 659 g/mol. The molecule has 0 saturated heterocycles. The normalized spacial score (nSPS) is 15.9. The van der Waals surface area contributed by atoms with Crippen molar-refractivity contribution in [3.05, 3.63) is 131 Å². The van der Waals surface area contributed by atoms with Crippen molar-refractivity contribution in [2.45, 2.75) is 44.0 Å². The molecule has 0 fully saturated rings. The zero-order valence-electron chi connectivity index (χ0n) is 25.7. The lowest BCUT2D eigenvalue weighted by Gasteiger charge is -2.29. The van der Waals surface area contributed by atoms with Crippen LogP contribution in [0, 0.1) is 12.7 Å². The predicted molar refractivity (Wildman–Crippen MR) is 171 cm³/mol. The quantitative estimate of drug-likeness (QED) is 0.187. The third-order valence-corrected chi connectivity index (χ3v) is 9.34. The molecule has 0 spiro atoms. The molecule has 1 aliphatic heterocycles. The second-order valence-corrected chi connectivity index (χ2v) is 13.3. The Labute approximate surface area is 270 Å². The van der Waals surface area contributed by atoms with Gasteiger partial charge in [0.25, 0.3) is 0 Å². The maximum atomic E-state index is 15.1. The Morgan fingerprint density at radius 3 is 2.55 bits per heavy atom. The van der Waals surface area contributed by atoms with E-state index in [1.807, 2.05) is 42.5 Å². The monoisotopic (exact) mass is 658 g/mol. The Bertz CT molecular complexity index is 2090. The molecular weight excluding hydrogens is 626 g/mol. The number of aromatic nitrogens is 5. The standard InChI is InChI=1S/C34H32F2N6O4S/c1-22-16-30(26-18-28(36)33(43)42(20-26)19-23-12-13-29-31(17-23)41(2)40-39-29)38-34(37-22)47(44,45)15-14-32(24-8-4-3-5-9-24)46-21-25-10-6-7-11-27(25)35/h3-13,16-18,20,32-33,43H,14-15,19,21H2,1-2H3. The van der Waals surface area contributed by atoms with Crippen molar-refractivity contribution in [2.24, 2.45) is 7.05 Å². The highest BCUT2D eigenvalue weighted by Gasteiger charge is 2.27. The topological polar surface area (TPSA) is 123 Å². The molecule has 13 heteroatoms. The summed E-state index contributed by atoms with van der Waals surface area (Å²) in [6, 6.07) is 22.4. The molecule has 0 radical (unpaired) electrons. The van der Waals surface area contributed by atoms with Crippen molar-refractivity contribution in [1.82, 2.24) is 29.9 Å². The van der Waals surface area contributed by atoms with E-state index < -0.39 is 39.0 Å². The fourth-order valence-electron chi connectivity index (χ4n) is 5.33. The molecule has 2 unspecified atom stereocenters. The third-order valence-electron chi connectivity index (χ3n) is 7.82. The molecule has 0 bridgehead atoms. The van der Waals surface area contributed by atoms with Crippen LogP contribution in [-0.2, 0) is 34.8 Å². The Balaban J connectivity index is 1.23. The Morgan fingerprint density at radius 2 is 1.77 bits per heavy atom. The van der Waals surface area contributed by atoms with Crippen LogP contribution in [0.5, 0.6) is 0 Å².